The molecule has 1 heterocycles. The molecule has 4 aromatic rings. The fourth-order valence-corrected chi connectivity index (χ4v) is 5.89. The number of sulfone groups is 1. The molecule has 0 aliphatic heterocycles. The lowest BCUT2D eigenvalue weighted by Gasteiger charge is -2.15. The molecule has 1 N–H and O–H groups in total. The van der Waals surface area contributed by atoms with E-state index in [2.05, 4.69) is 5.16 Å². The molecule has 3 aromatic carbocycles. The van der Waals surface area contributed by atoms with E-state index in [1.54, 1.807) is 54.6 Å². The van der Waals surface area contributed by atoms with Gasteiger partial charge in [0.15, 0.2) is 15.6 Å². The minimum atomic E-state index is -3.48. The minimum absolute atomic E-state index is 0.0198. The van der Waals surface area contributed by atoms with Gasteiger partial charge in [-0.2, -0.15) is 0 Å². The Hall–Kier alpha value is -3.38. The summed E-state index contributed by atoms with van der Waals surface area (Å²) >= 11 is 0. The van der Waals surface area contributed by atoms with Gasteiger partial charge in [-0.3, -0.25) is 0 Å². The Balaban J connectivity index is 1.62. The van der Waals surface area contributed by atoms with Crippen LogP contribution in [-0.4, -0.2) is 24.4 Å². The van der Waals surface area contributed by atoms with Gasteiger partial charge >= 0.3 is 0 Å². The summed E-state index contributed by atoms with van der Waals surface area (Å²) in [7, 11) is -3.48. The van der Waals surface area contributed by atoms with Crippen molar-refractivity contribution in [2.45, 2.75) is 23.2 Å². The molecule has 5 rings (SSSR count). The maximum absolute atomic E-state index is 13.1. The second-order valence-corrected chi connectivity index (χ2v) is 9.99. The van der Waals surface area contributed by atoms with Gasteiger partial charge in [0, 0.05) is 11.0 Å². The molecule has 0 saturated heterocycles. The second-order valence-electron chi connectivity index (χ2n) is 8.00. The molecular formula is C25H21NO4S. The molecular weight excluding hydrogens is 410 g/mol. The van der Waals surface area contributed by atoms with E-state index in [1.165, 1.54) is 0 Å². The van der Waals surface area contributed by atoms with Gasteiger partial charge in [0.05, 0.1) is 16.2 Å². The lowest BCUT2D eigenvalue weighted by molar-refractivity contribution is 0.362. The highest BCUT2D eigenvalue weighted by molar-refractivity contribution is 7.91. The monoisotopic (exact) mass is 431 g/mol. The Morgan fingerprint density at radius 1 is 0.839 bits per heavy atom. The summed E-state index contributed by atoms with van der Waals surface area (Å²) in [5, 5.41) is 14.0. The van der Waals surface area contributed by atoms with Gasteiger partial charge in [0.1, 0.15) is 11.4 Å². The van der Waals surface area contributed by atoms with Crippen LogP contribution in [0.15, 0.2) is 94.3 Å². The number of phenolic OH excluding ortho intramolecular Hbond substituents is 1. The molecule has 156 valence electrons. The summed E-state index contributed by atoms with van der Waals surface area (Å²) in [6.07, 6.45) is 1.45. The number of rotatable bonds is 6. The highest BCUT2D eigenvalue weighted by Gasteiger charge is 2.53. The SMILES string of the molecule is O=S(=O)(CC1(c2onc(-c3ccc(O)cc3)c2-c2ccccc2)CC1)c1ccccc1. The smallest absolute Gasteiger partial charge is 0.179 e. The van der Waals surface area contributed by atoms with Crippen LogP contribution in [0.5, 0.6) is 5.75 Å². The van der Waals surface area contributed by atoms with Crippen molar-refractivity contribution < 1.29 is 18.0 Å². The molecule has 0 bridgehead atoms. The molecule has 31 heavy (non-hydrogen) atoms. The Labute approximate surface area is 180 Å². The second kappa shape index (κ2) is 7.39. The zero-order valence-electron chi connectivity index (χ0n) is 16.7. The van der Waals surface area contributed by atoms with Crippen molar-refractivity contribution in [3.05, 3.63) is 90.7 Å². The van der Waals surface area contributed by atoms with E-state index in [0.29, 0.717) is 16.3 Å². The van der Waals surface area contributed by atoms with E-state index in [-0.39, 0.29) is 11.5 Å². The van der Waals surface area contributed by atoms with Gasteiger partial charge in [-0.25, -0.2) is 8.42 Å². The number of aromatic nitrogens is 1. The predicted molar refractivity (Wildman–Crippen MR) is 118 cm³/mol. The van der Waals surface area contributed by atoms with E-state index in [9.17, 15) is 13.5 Å². The fraction of sp³-hybridized carbons (Fsp3) is 0.160. The van der Waals surface area contributed by atoms with Crippen molar-refractivity contribution >= 4 is 9.84 Å². The third kappa shape index (κ3) is 3.64. The van der Waals surface area contributed by atoms with Crippen molar-refractivity contribution in [1.82, 2.24) is 5.16 Å². The quantitative estimate of drug-likeness (QED) is 0.453. The molecule has 0 unspecified atom stereocenters. The number of benzene rings is 3. The van der Waals surface area contributed by atoms with Crippen molar-refractivity contribution in [2.24, 2.45) is 0 Å². The normalized spacial score (nSPS) is 15.0. The van der Waals surface area contributed by atoms with Gasteiger partial charge in [-0.15, -0.1) is 0 Å². The van der Waals surface area contributed by atoms with Crippen molar-refractivity contribution in [1.29, 1.82) is 0 Å². The largest absolute Gasteiger partial charge is 0.508 e. The molecule has 1 aliphatic rings. The van der Waals surface area contributed by atoms with E-state index in [1.807, 2.05) is 30.3 Å². The molecule has 5 nitrogen and oxygen atoms in total. The Bertz CT molecular complexity index is 1310. The van der Waals surface area contributed by atoms with Crippen molar-refractivity contribution in [3.63, 3.8) is 0 Å². The van der Waals surface area contributed by atoms with Crippen molar-refractivity contribution in [2.75, 3.05) is 5.75 Å². The first-order valence-electron chi connectivity index (χ1n) is 10.1. The predicted octanol–water partition coefficient (Wildman–Crippen LogP) is 5.22. The molecule has 1 aliphatic carbocycles. The zero-order chi connectivity index (χ0) is 21.5. The molecule has 0 spiro atoms. The number of phenols is 1. The summed E-state index contributed by atoms with van der Waals surface area (Å²) in [6, 6.07) is 25.1. The lowest BCUT2D eigenvalue weighted by atomic mass is 9.93. The number of nitrogens with zero attached hydrogens (tertiary/aromatic N) is 1. The first kappa shape index (κ1) is 19.6. The average molecular weight is 432 g/mol. The van der Waals surface area contributed by atoms with E-state index < -0.39 is 15.3 Å². The maximum Gasteiger partial charge on any atom is 0.179 e. The molecule has 1 saturated carbocycles. The highest BCUT2D eigenvalue weighted by Crippen LogP contribution is 2.54. The van der Waals surface area contributed by atoms with Gasteiger partial charge in [-0.05, 0) is 54.8 Å². The molecule has 0 amide bonds. The molecule has 6 heteroatoms. The van der Waals surface area contributed by atoms with Gasteiger partial charge in [0.25, 0.3) is 0 Å². The van der Waals surface area contributed by atoms with Crippen LogP contribution in [0.3, 0.4) is 0 Å². The Kier molecular flexibility index (Phi) is 4.67. The summed E-state index contributed by atoms with van der Waals surface area (Å²) in [5.41, 5.74) is 2.58. The van der Waals surface area contributed by atoms with Crippen LogP contribution >= 0.6 is 0 Å². The van der Waals surface area contributed by atoms with E-state index in [4.69, 9.17) is 4.52 Å². The first-order valence-corrected chi connectivity index (χ1v) is 11.8. The summed E-state index contributed by atoms with van der Waals surface area (Å²) in [4.78, 5) is 0.320. The fourth-order valence-electron chi connectivity index (χ4n) is 4.00. The maximum atomic E-state index is 13.1. The minimum Gasteiger partial charge on any atom is -0.508 e. The van der Waals surface area contributed by atoms with Gasteiger partial charge in [0.2, 0.25) is 0 Å². The molecule has 1 aromatic heterocycles. The number of aromatic hydroxyl groups is 1. The number of hydrogen-bond donors (Lipinski definition) is 1. The highest BCUT2D eigenvalue weighted by atomic mass is 32.2. The zero-order valence-corrected chi connectivity index (χ0v) is 17.5. The molecule has 0 radical (unpaired) electrons. The number of hydrogen-bond acceptors (Lipinski definition) is 5. The topological polar surface area (TPSA) is 80.4 Å². The molecule has 1 fully saturated rings. The standard InChI is InChI=1S/C25H21NO4S/c27-20-13-11-19(12-14-20)23-22(18-7-3-1-4-8-18)24(30-26-23)25(15-16-25)17-31(28,29)21-9-5-2-6-10-21/h1-14,27H,15-17H2. The van der Waals surface area contributed by atoms with Crippen LogP contribution in [0.2, 0.25) is 0 Å². The van der Waals surface area contributed by atoms with E-state index in [0.717, 1.165) is 29.5 Å². The average Bonchev–Trinajstić information content (AvgIpc) is 3.41. The molecule has 0 atom stereocenters. The summed E-state index contributed by atoms with van der Waals surface area (Å²) in [5.74, 6) is 0.760. The van der Waals surface area contributed by atoms with Crippen LogP contribution in [0.25, 0.3) is 22.4 Å². The first-order chi connectivity index (χ1) is 15.0. The summed E-state index contributed by atoms with van der Waals surface area (Å²) in [6.45, 7) is 0. The Morgan fingerprint density at radius 3 is 2.06 bits per heavy atom. The van der Waals surface area contributed by atoms with Crippen LogP contribution in [0, 0.1) is 0 Å². The van der Waals surface area contributed by atoms with Crippen LogP contribution < -0.4 is 0 Å². The summed E-state index contributed by atoms with van der Waals surface area (Å²) < 4.78 is 32.1. The van der Waals surface area contributed by atoms with Crippen LogP contribution in [0.1, 0.15) is 18.6 Å². The van der Waals surface area contributed by atoms with E-state index >= 15 is 0 Å². The van der Waals surface area contributed by atoms with Crippen LogP contribution in [0.4, 0.5) is 0 Å². The van der Waals surface area contributed by atoms with Gasteiger partial charge in [-0.1, -0.05) is 53.7 Å². The van der Waals surface area contributed by atoms with Crippen LogP contribution in [-0.2, 0) is 15.3 Å². The third-order valence-electron chi connectivity index (χ3n) is 5.80. The van der Waals surface area contributed by atoms with Crippen molar-refractivity contribution in [3.8, 4) is 28.1 Å². The Morgan fingerprint density at radius 2 is 1.45 bits per heavy atom. The third-order valence-corrected chi connectivity index (χ3v) is 7.72. The lowest BCUT2D eigenvalue weighted by Crippen LogP contribution is -2.21. The van der Waals surface area contributed by atoms with Gasteiger partial charge < -0.3 is 9.63 Å².